The first-order chi connectivity index (χ1) is 9.18. The molecule has 19 heavy (non-hydrogen) atoms. The van der Waals surface area contributed by atoms with Gasteiger partial charge in [0.25, 0.3) is 0 Å². The number of nitrogens with one attached hydrogen (secondary N) is 1. The van der Waals surface area contributed by atoms with Crippen LogP contribution in [0.25, 0.3) is 0 Å². The molecule has 0 bridgehead atoms. The first kappa shape index (κ1) is 13.8. The van der Waals surface area contributed by atoms with E-state index in [1.54, 1.807) is 0 Å². The van der Waals surface area contributed by atoms with Crippen molar-refractivity contribution in [2.75, 3.05) is 13.1 Å². The highest BCUT2D eigenvalue weighted by Gasteiger charge is 2.14. The van der Waals surface area contributed by atoms with E-state index in [0.29, 0.717) is 12.0 Å². The van der Waals surface area contributed by atoms with Crippen LogP contribution in [0.3, 0.4) is 0 Å². The van der Waals surface area contributed by atoms with Crippen LogP contribution in [0.1, 0.15) is 31.3 Å². The fraction of sp³-hybridized carbons (Fsp3) is 0.438. The average molecular weight is 257 g/mol. The molecule has 0 fully saturated rings. The van der Waals surface area contributed by atoms with Crippen LogP contribution in [0.2, 0.25) is 0 Å². The highest BCUT2D eigenvalue weighted by molar-refractivity contribution is 5.21. The molecule has 102 valence electrons. The van der Waals surface area contributed by atoms with E-state index in [-0.39, 0.29) is 0 Å². The van der Waals surface area contributed by atoms with E-state index >= 15 is 0 Å². The minimum absolute atomic E-state index is 0.308. The lowest BCUT2D eigenvalue weighted by Crippen LogP contribution is -2.29. The zero-order valence-corrected chi connectivity index (χ0v) is 12.0. The van der Waals surface area contributed by atoms with Crippen molar-refractivity contribution in [3.63, 3.8) is 0 Å². The Morgan fingerprint density at radius 3 is 2.47 bits per heavy atom. The topological polar surface area (TPSA) is 29.9 Å². The van der Waals surface area contributed by atoms with Gasteiger partial charge in [-0.3, -0.25) is 0 Å². The van der Waals surface area contributed by atoms with Crippen LogP contribution in [0.15, 0.2) is 42.7 Å². The van der Waals surface area contributed by atoms with Gasteiger partial charge in [-0.05, 0) is 24.9 Å². The summed E-state index contributed by atoms with van der Waals surface area (Å²) in [7, 11) is 0. The molecule has 1 aromatic carbocycles. The lowest BCUT2D eigenvalue weighted by Gasteiger charge is -2.22. The zero-order chi connectivity index (χ0) is 13.7. The van der Waals surface area contributed by atoms with E-state index in [4.69, 9.17) is 0 Å². The molecule has 0 spiro atoms. The fourth-order valence-electron chi connectivity index (χ4n) is 2.28. The summed E-state index contributed by atoms with van der Waals surface area (Å²) in [5.41, 5.74) is 1.32. The number of nitrogens with zero attached hydrogens (tertiary/aromatic N) is 2. The lowest BCUT2D eigenvalue weighted by molar-refractivity contribution is 0.477. The van der Waals surface area contributed by atoms with Crippen molar-refractivity contribution in [3.8, 4) is 0 Å². The molecular formula is C16H23N3. The maximum atomic E-state index is 4.34. The maximum Gasteiger partial charge on any atom is 0.106 e. The van der Waals surface area contributed by atoms with E-state index in [0.717, 1.165) is 18.9 Å². The summed E-state index contributed by atoms with van der Waals surface area (Å²) in [4.78, 5) is 4.34. The molecule has 0 saturated carbocycles. The molecule has 2 aromatic rings. The number of hydrogen-bond donors (Lipinski definition) is 1. The van der Waals surface area contributed by atoms with Gasteiger partial charge in [0.05, 0.1) is 6.04 Å². The number of aryl methyl sites for hydroxylation is 1. The van der Waals surface area contributed by atoms with Gasteiger partial charge in [-0.15, -0.1) is 0 Å². The first-order valence-electron chi connectivity index (χ1n) is 6.93. The number of benzene rings is 1. The summed E-state index contributed by atoms with van der Waals surface area (Å²) in [5, 5.41) is 3.55. The number of aromatic nitrogens is 2. The Morgan fingerprint density at radius 2 is 1.89 bits per heavy atom. The molecule has 1 N–H and O–H groups in total. The van der Waals surface area contributed by atoms with E-state index in [1.807, 2.05) is 6.20 Å². The van der Waals surface area contributed by atoms with Gasteiger partial charge in [-0.1, -0.05) is 44.2 Å². The molecule has 0 saturated heterocycles. The van der Waals surface area contributed by atoms with Crippen LogP contribution in [0.5, 0.6) is 0 Å². The highest BCUT2D eigenvalue weighted by atomic mass is 15.1. The van der Waals surface area contributed by atoms with Crippen LogP contribution in [-0.2, 0) is 0 Å². The second-order valence-corrected chi connectivity index (χ2v) is 5.36. The van der Waals surface area contributed by atoms with Crippen molar-refractivity contribution in [1.29, 1.82) is 0 Å². The first-order valence-corrected chi connectivity index (χ1v) is 6.93. The Labute approximate surface area is 115 Å². The average Bonchev–Trinajstić information content (AvgIpc) is 2.82. The quantitative estimate of drug-likeness (QED) is 0.862. The molecule has 0 aliphatic heterocycles. The van der Waals surface area contributed by atoms with Crippen LogP contribution in [0.4, 0.5) is 0 Å². The summed E-state index contributed by atoms with van der Waals surface area (Å²) in [6.07, 6.45) is 3.93. The van der Waals surface area contributed by atoms with Crippen molar-refractivity contribution in [2.24, 2.45) is 5.92 Å². The predicted octanol–water partition coefficient (Wildman–Crippen LogP) is 3.03. The standard InChI is InChI=1S/C16H23N3/c1-13(2)11-17-12-16(15-7-5-4-6-8-15)19-10-9-18-14(19)3/h4-10,13,16-17H,11-12H2,1-3H3. The Kier molecular flexibility index (Phi) is 4.74. The smallest absolute Gasteiger partial charge is 0.106 e. The van der Waals surface area contributed by atoms with Gasteiger partial charge >= 0.3 is 0 Å². The summed E-state index contributed by atoms with van der Waals surface area (Å²) >= 11 is 0. The minimum atomic E-state index is 0.308. The molecule has 0 radical (unpaired) electrons. The Hall–Kier alpha value is -1.61. The molecule has 2 rings (SSSR count). The number of rotatable bonds is 6. The summed E-state index contributed by atoms with van der Waals surface area (Å²) in [6, 6.07) is 10.9. The molecule has 0 aliphatic rings. The molecule has 1 aromatic heterocycles. The Balaban J connectivity index is 2.17. The Bertz CT molecular complexity index is 488. The van der Waals surface area contributed by atoms with Crippen molar-refractivity contribution in [1.82, 2.24) is 14.9 Å². The molecule has 1 unspecified atom stereocenters. The third-order valence-electron chi connectivity index (χ3n) is 3.27. The monoisotopic (exact) mass is 257 g/mol. The van der Waals surface area contributed by atoms with E-state index in [9.17, 15) is 0 Å². The normalized spacial score (nSPS) is 12.8. The number of imidazole rings is 1. The second-order valence-electron chi connectivity index (χ2n) is 5.36. The predicted molar refractivity (Wildman–Crippen MR) is 79.3 cm³/mol. The van der Waals surface area contributed by atoms with Gasteiger partial charge in [-0.25, -0.2) is 4.98 Å². The van der Waals surface area contributed by atoms with Gasteiger partial charge in [-0.2, -0.15) is 0 Å². The molecular weight excluding hydrogens is 234 g/mol. The van der Waals surface area contributed by atoms with Crippen molar-refractivity contribution < 1.29 is 0 Å². The van der Waals surface area contributed by atoms with Gasteiger partial charge in [0, 0.05) is 18.9 Å². The third-order valence-corrected chi connectivity index (χ3v) is 3.27. The van der Waals surface area contributed by atoms with Crippen molar-refractivity contribution in [3.05, 3.63) is 54.1 Å². The second kappa shape index (κ2) is 6.53. The number of hydrogen-bond acceptors (Lipinski definition) is 2. The van der Waals surface area contributed by atoms with E-state index in [1.165, 1.54) is 5.56 Å². The molecule has 0 amide bonds. The Morgan fingerprint density at radius 1 is 1.16 bits per heavy atom. The van der Waals surface area contributed by atoms with E-state index < -0.39 is 0 Å². The van der Waals surface area contributed by atoms with Gasteiger partial charge in [0.2, 0.25) is 0 Å². The lowest BCUT2D eigenvalue weighted by atomic mass is 10.1. The highest BCUT2D eigenvalue weighted by Crippen LogP contribution is 2.18. The SMILES string of the molecule is Cc1nccn1C(CNCC(C)C)c1ccccc1. The third kappa shape index (κ3) is 3.67. The van der Waals surface area contributed by atoms with Crippen molar-refractivity contribution >= 4 is 0 Å². The van der Waals surface area contributed by atoms with Crippen LogP contribution in [-0.4, -0.2) is 22.6 Å². The zero-order valence-electron chi connectivity index (χ0n) is 12.0. The summed E-state index contributed by atoms with van der Waals surface area (Å²) in [5.74, 6) is 1.72. The van der Waals surface area contributed by atoms with Gasteiger partial charge in [0.1, 0.15) is 5.82 Å². The van der Waals surface area contributed by atoms with Gasteiger partial charge < -0.3 is 9.88 Å². The summed E-state index contributed by atoms with van der Waals surface area (Å²) in [6.45, 7) is 8.48. The molecule has 0 aliphatic carbocycles. The minimum Gasteiger partial charge on any atom is -0.326 e. The fourth-order valence-corrected chi connectivity index (χ4v) is 2.28. The van der Waals surface area contributed by atoms with Crippen molar-refractivity contribution in [2.45, 2.75) is 26.8 Å². The maximum absolute atomic E-state index is 4.34. The van der Waals surface area contributed by atoms with E-state index in [2.05, 4.69) is 72.2 Å². The summed E-state index contributed by atoms with van der Waals surface area (Å²) < 4.78 is 2.24. The molecule has 1 heterocycles. The van der Waals surface area contributed by atoms with Gasteiger partial charge in [0.15, 0.2) is 0 Å². The van der Waals surface area contributed by atoms with Crippen LogP contribution < -0.4 is 5.32 Å². The van der Waals surface area contributed by atoms with Crippen LogP contribution in [0, 0.1) is 12.8 Å². The molecule has 3 nitrogen and oxygen atoms in total. The molecule has 1 atom stereocenters. The molecule has 3 heteroatoms. The largest absolute Gasteiger partial charge is 0.326 e. The van der Waals surface area contributed by atoms with Crippen LogP contribution >= 0.6 is 0 Å².